The van der Waals surface area contributed by atoms with E-state index in [0.29, 0.717) is 18.8 Å². The first-order valence-corrected chi connectivity index (χ1v) is 5.61. The van der Waals surface area contributed by atoms with E-state index in [9.17, 15) is 4.79 Å². The summed E-state index contributed by atoms with van der Waals surface area (Å²) < 4.78 is 0. The Hall–Kier alpha value is -2.27. The van der Waals surface area contributed by atoms with Crippen LogP contribution in [-0.4, -0.2) is 15.9 Å². The molecule has 2 rings (SSSR count). The Bertz CT molecular complexity index is 528. The van der Waals surface area contributed by atoms with Gasteiger partial charge in [-0.1, -0.05) is 6.07 Å². The van der Waals surface area contributed by atoms with Crippen molar-refractivity contribution in [2.45, 2.75) is 13.1 Å². The van der Waals surface area contributed by atoms with Gasteiger partial charge in [-0.15, -0.1) is 0 Å². The summed E-state index contributed by atoms with van der Waals surface area (Å²) in [6, 6.07) is 7.21. The van der Waals surface area contributed by atoms with Crippen molar-refractivity contribution in [1.82, 2.24) is 15.3 Å². The van der Waals surface area contributed by atoms with E-state index in [1.807, 2.05) is 12.1 Å². The van der Waals surface area contributed by atoms with Gasteiger partial charge < -0.3 is 11.1 Å². The number of carbonyl (C=O) groups is 1. The van der Waals surface area contributed by atoms with Crippen molar-refractivity contribution in [2.24, 2.45) is 5.73 Å². The molecule has 0 fully saturated rings. The van der Waals surface area contributed by atoms with Crippen LogP contribution < -0.4 is 11.1 Å². The molecule has 5 nitrogen and oxygen atoms in total. The molecule has 0 atom stereocenters. The van der Waals surface area contributed by atoms with Gasteiger partial charge in [-0.3, -0.25) is 14.8 Å². The van der Waals surface area contributed by atoms with Gasteiger partial charge in [0.1, 0.15) is 5.69 Å². The molecule has 92 valence electrons. The number of carbonyl (C=O) groups excluding carboxylic acids is 1. The summed E-state index contributed by atoms with van der Waals surface area (Å²) in [5.74, 6) is -0.214. The van der Waals surface area contributed by atoms with E-state index in [2.05, 4.69) is 15.3 Å². The van der Waals surface area contributed by atoms with Gasteiger partial charge in [-0.05, 0) is 29.3 Å². The third kappa shape index (κ3) is 3.11. The summed E-state index contributed by atoms with van der Waals surface area (Å²) in [7, 11) is 0. The lowest BCUT2D eigenvalue weighted by Crippen LogP contribution is -2.24. The maximum Gasteiger partial charge on any atom is 0.270 e. The Balaban J connectivity index is 1.99. The van der Waals surface area contributed by atoms with Crippen LogP contribution in [0.2, 0.25) is 0 Å². The van der Waals surface area contributed by atoms with Gasteiger partial charge in [0.05, 0.1) is 0 Å². The van der Waals surface area contributed by atoms with Crippen molar-refractivity contribution >= 4 is 5.91 Å². The van der Waals surface area contributed by atoms with E-state index in [4.69, 9.17) is 5.73 Å². The number of aromatic nitrogens is 2. The molecule has 0 aliphatic heterocycles. The number of pyridine rings is 2. The molecule has 1 amide bonds. The summed E-state index contributed by atoms with van der Waals surface area (Å²) in [6.45, 7) is 0.826. The summed E-state index contributed by atoms with van der Waals surface area (Å²) in [5.41, 5.74) is 7.72. The Morgan fingerprint density at radius 3 is 2.89 bits per heavy atom. The molecule has 0 aliphatic carbocycles. The number of nitrogens with one attached hydrogen (secondary N) is 1. The van der Waals surface area contributed by atoms with E-state index in [-0.39, 0.29) is 5.91 Å². The van der Waals surface area contributed by atoms with Gasteiger partial charge in [0, 0.05) is 31.7 Å². The third-order valence-electron chi connectivity index (χ3n) is 2.47. The molecule has 0 radical (unpaired) electrons. The Kier molecular flexibility index (Phi) is 3.98. The van der Waals surface area contributed by atoms with Crippen molar-refractivity contribution in [3.05, 3.63) is 59.7 Å². The molecule has 2 aromatic rings. The lowest BCUT2D eigenvalue weighted by atomic mass is 10.2. The molecule has 5 heteroatoms. The van der Waals surface area contributed by atoms with E-state index in [0.717, 1.165) is 11.1 Å². The minimum absolute atomic E-state index is 0.214. The monoisotopic (exact) mass is 242 g/mol. The highest BCUT2D eigenvalue weighted by Crippen LogP contribution is 2.02. The smallest absolute Gasteiger partial charge is 0.270 e. The third-order valence-corrected chi connectivity index (χ3v) is 2.47. The second-order valence-corrected chi connectivity index (χ2v) is 3.80. The fourth-order valence-electron chi connectivity index (χ4n) is 1.50. The number of rotatable bonds is 4. The van der Waals surface area contributed by atoms with Crippen molar-refractivity contribution in [3.8, 4) is 0 Å². The fourth-order valence-corrected chi connectivity index (χ4v) is 1.50. The number of nitrogens with zero attached hydrogens (tertiary/aromatic N) is 2. The van der Waals surface area contributed by atoms with Gasteiger partial charge in [0.15, 0.2) is 0 Å². The lowest BCUT2D eigenvalue weighted by Gasteiger charge is -2.05. The SMILES string of the molecule is NCc1ccnc(C(=O)NCc2cccnc2)c1. The summed E-state index contributed by atoms with van der Waals surface area (Å²) in [4.78, 5) is 19.8. The molecule has 2 heterocycles. The second-order valence-electron chi connectivity index (χ2n) is 3.80. The number of nitrogens with two attached hydrogens (primary N) is 1. The van der Waals surface area contributed by atoms with E-state index in [1.54, 1.807) is 30.7 Å². The average Bonchev–Trinajstić information content (AvgIpc) is 2.46. The van der Waals surface area contributed by atoms with Crippen LogP contribution in [0.5, 0.6) is 0 Å². The highest BCUT2D eigenvalue weighted by Gasteiger charge is 2.07. The van der Waals surface area contributed by atoms with Crippen molar-refractivity contribution in [1.29, 1.82) is 0 Å². The Labute approximate surface area is 105 Å². The molecule has 0 saturated heterocycles. The molecule has 0 bridgehead atoms. The Morgan fingerprint density at radius 1 is 1.28 bits per heavy atom. The van der Waals surface area contributed by atoms with Gasteiger partial charge in [-0.25, -0.2) is 0 Å². The topological polar surface area (TPSA) is 80.9 Å². The van der Waals surface area contributed by atoms with E-state index < -0.39 is 0 Å². The van der Waals surface area contributed by atoms with Crippen LogP contribution >= 0.6 is 0 Å². The highest BCUT2D eigenvalue weighted by atomic mass is 16.1. The summed E-state index contributed by atoms with van der Waals surface area (Å²) in [5, 5.41) is 2.78. The van der Waals surface area contributed by atoms with Gasteiger partial charge in [0.25, 0.3) is 5.91 Å². The molecular weight excluding hydrogens is 228 g/mol. The molecule has 0 spiro atoms. The molecule has 2 aromatic heterocycles. The van der Waals surface area contributed by atoms with Crippen molar-refractivity contribution in [3.63, 3.8) is 0 Å². The normalized spacial score (nSPS) is 10.1. The van der Waals surface area contributed by atoms with Crippen LogP contribution in [0.3, 0.4) is 0 Å². The average molecular weight is 242 g/mol. The largest absolute Gasteiger partial charge is 0.347 e. The summed E-state index contributed by atoms with van der Waals surface area (Å²) in [6.07, 6.45) is 4.99. The molecule has 0 unspecified atom stereocenters. The predicted octanol–water partition coefficient (Wildman–Crippen LogP) is 0.865. The second kappa shape index (κ2) is 5.88. The number of hydrogen-bond acceptors (Lipinski definition) is 4. The van der Waals surface area contributed by atoms with E-state index >= 15 is 0 Å². The van der Waals surface area contributed by atoms with Crippen LogP contribution in [-0.2, 0) is 13.1 Å². The first-order valence-electron chi connectivity index (χ1n) is 5.61. The van der Waals surface area contributed by atoms with Crippen molar-refractivity contribution < 1.29 is 4.79 Å². The zero-order chi connectivity index (χ0) is 12.8. The molecule has 0 saturated carbocycles. The minimum Gasteiger partial charge on any atom is -0.347 e. The fraction of sp³-hybridized carbons (Fsp3) is 0.154. The standard InChI is InChI=1S/C13H14N4O/c14-7-10-3-5-16-12(6-10)13(18)17-9-11-2-1-4-15-8-11/h1-6,8H,7,9,14H2,(H,17,18). The zero-order valence-electron chi connectivity index (χ0n) is 9.84. The minimum atomic E-state index is -0.214. The van der Waals surface area contributed by atoms with Crippen LogP contribution in [0, 0.1) is 0 Å². The molecular formula is C13H14N4O. The van der Waals surface area contributed by atoms with Crippen LogP contribution in [0.4, 0.5) is 0 Å². The molecule has 0 aliphatic rings. The quantitative estimate of drug-likeness (QED) is 0.833. The van der Waals surface area contributed by atoms with Crippen LogP contribution in [0.25, 0.3) is 0 Å². The maximum absolute atomic E-state index is 11.9. The maximum atomic E-state index is 11.9. The number of hydrogen-bond donors (Lipinski definition) is 2. The van der Waals surface area contributed by atoms with Crippen molar-refractivity contribution in [2.75, 3.05) is 0 Å². The Morgan fingerprint density at radius 2 is 2.17 bits per heavy atom. The molecule has 0 aromatic carbocycles. The lowest BCUT2D eigenvalue weighted by molar-refractivity contribution is 0.0946. The summed E-state index contributed by atoms with van der Waals surface area (Å²) >= 11 is 0. The zero-order valence-corrected chi connectivity index (χ0v) is 9.84. The first kappa shape index (κ1) is 12.2. The van der Waals surface area contributed by atoms with Crippen LogP contribution in [0.15, 0.2) is 42.9 Å². The van der Waals surface area contributed by atoms with Gasteiger partial charge in [0.2, 0.25) is 0 Å². The first-order chi connectivity index (χ1) is 8.79. The van der Waals surface area contributed by atoms with Crippen LogP contribution in [0.1, 0.15) is 21.6 Å². The van der Waals surface area contributed by atoms with Gasteiger partial charge >= 0.3 is 0 Å². The molecule has 18 heavy (non-hydrogen) atoms. The van der Waals surface area contributed by atoms with E-state index in [1.165, 1.54) is 0 Å². The predicted molar refractivity (Wildman–Crippen MR) is 67.5 cm³/mol. The number of amides is 1. The molecule has 3 N–H and O–H groups in total. The highest BCUT2D eigenvalue weighted by molar-refractivity contribution is 5.92. The van der Waals surface area contributed by atoms with Gasteiger partial charge in [-0.2, -0.15) is 0 Å².